The summed E-state index contributed by atoms with van der Waals surface area (Å²) in [6.45, 7) is 5.32. The van der Waals surface area contributed by atoms with Gasteiger partial charge in [-0.2, -0.15) is 0 Å². The number of hydrogen-bond acceptors (Lipinski definition) is 2. The monoisotopic (exact) mass is 259 g/mol. The lowest BCUT2D eigenvalue weighted by molar-refractivity contribution is 0.138. The van der Waals surface area contributed by atoms with Crippen LogP contribution in [0.4, 0.5) is 0 Å². The second-order valence-corrected chi connectivity index (χ2v) is 6.70. The first kappa shape index (κ1) is 13.0. The first-order chi connectivity index (χ1) is 9.12. The van der Waals surface area contributed by atoms with Gasteiger partial charge in [0.1, 0.15) is 11.4 Å². The summed E-state index contributed by atoms with van der Waals surface area (Å²) >= 11 is 0. The van der Waals surface area contributed by atoms with Gasteiger partial charge >= 0.3 is 0 Å². The molecule has 2 nitrogen and oxygen atoms in total. The quantitative estimate of drug-likeness (QED) is 0.891. The lowest BCUT2D eigenvalue weighted by Gasteiger charge is -2.22. The summed E-state index contributed by atoms with van der Waals surface area (Å²) in [6, 6.07) is 7.40. The lowest BCUT2D eigenvalue weighted by Crippen LogP contribution is -2.30. The van der Waals surface area contributed by atoms with Crippen LogP contribution in [0.3, 0.4) is 0 Å². The average molecular weight is 259 g/mol. The summed E-state index contributed by atoms with van der Waals surface area (Å²) in [6.07, 6.45) is 7.93. The van der Waals surface area contributed by atoms with Crippen LogP contribution in [-0.4, -0.2) is 11.6 Å². The average Bonchev–Trinajstić information content (AvgIpc) is 2.70. The molecule has 0 saturated heterocycles. The first-order valence-electron chi connectivity index (χ1n) is 7.67. The van der Waals surface area contributed by atoms with Crippen LogP contribution >= 0.6 is 0 Å². The number of fused-ring (bicyclic) bond motifs is 1. The van der Waals surface area contributed by atoms with Crippen molar-refractivity contribution in [3.8, 4) is 5.75 Å². The maximum atomic E-state index is 5.92. The molecular weight excluding hydrogens is 234 g/mol. The molecule has 1 heterocycles. The fourth-order valence-electron chi connectivity index (χ4n) is 3.34. The highest BCUT2D eigenvalue weighted by molar-refractivity contribution is 5.41. The van der Waals surface area contributed by atoms with Gasteiger partial charge in [-0.3, -0.25) is 0 Å². The van der Waals surface area contributed by atoms with Crippen molar-refractivity contribution in [3.05, 3.63) is 29.3 Å². The van der Waals surface area contributed by atoms with E-state index in [9.17, 15) is 0 Å². The summed E-state index contributed by atoms with van der Waals surface area (Å²) in [5, 5.41) is 3.71. The third-order valence-corrected chi connectivity index (χ3v) is 4.33. The molecule has 1 fully saturated rings. The van der Waals surface area contributed by atoms with E-state index in [1.807, 2.05) is 0 Å². The highest BCUT2D eigenvalue weighted by Gasteiger charge is 2.29. The smallest absolute Gasteiger partial charge is 0.123 e. The molecule has 3 rings (SSSR count). The van der Waals surface area contributed by atoms with Gasteiger partial charge in [-0.15, -0.1) is 0 Å². The Morgan fingerprint density at radius 3 is 2.79 bits per heavy atom. The largest absolute Gasteiger partial charge is 0.487 e. The minimum atomic E-state index is -0.0300. The second kappa shape index (κ2) is 5.16. The standard InChI is InChI=1S/C17H25NO/c1-17(2)11-14-10-13(8-9-16(14)19-17)12-18-15-6-4-3-5-7-15/h8-10,15,18H,3-7,11-12H2,1-2H3. The summed E-state index contributed by atoms with van der Waals surface area (Å²) < 4.78 is 5.92. The van der Waals surface area contributed by atoms with E-state index in [1.54, 1.807) is 0 Å². The Hall–Kier alpha value is -1.02. The molecule has 1 aliphatic carbocycles. The minimum absolute atomic E-state index is 0.0300. The SMILES string of the molecule is CC1(C)Cc2cc(CNC3CCCCC3)ccc2O1. The summed E-state index contributed by atoms with van der Waals surface area (Å²) in [5.41, 5.74) is 2.73. The third kappa shape index (κ3) is 3.11. The summed E-state index contributed by atoms with van der Waals surface area (Å²) in [4.78, 5) is 0. The molecule has 1 N–H and O–H groups in total. The minimum Gasteiger partial charge on any atom is -0.487 e. The molecule has 0 atom stereocenters. The van der Waals surface area contributed by atoms with Crippen LogP contribution in [0.15, 0.2) is 18.2 Å². The van der Waals surface area contributed by atoms with Gasteiger partial charge in [0.15, 0.2) is 0 Å². The fourth-order valence-corrected chi connectivity index (χ4v) is 3.34. The van der Waals surface area contributed by atoms with E-state index in [0.717, 1.165) is 24.8 Å². The Morgan fingerprint density at radius 2 is 2.00 bits per heavy atom. The zero-order valence-corrected chi connectivity index (χ0v) is 12.2. The molecule has 2 aliphatic rings. The molecule has 0 aromatic heterocycles. The van der Waals surface area contributed by atoms with E-state index in [0.29, 0.717) is 0 Å². The molecule has 0 radical (unpaired) electrons. The van der Waals surface area contributed by atoms with Crippen molar-refractivity contribution >= 4 is 0 Å². The second-order valence-electron chi connectivity index (χ2n) is 6.70. The van der Waals surface area contributed by atoms with Gasteiger partial charge in [-0.25, -0.2) is 0 Å². The number of ether oxygens (including phenoxy) is 1. The first-order valence-corrected chi connectivity index (χ1v) is 7.67. The lowest BCUT2D eigenvalue weighted by atomic mass is 9.95. The highest BCUT2D eigenvalue weighted by atomic mass is 16.5. The normalized spacial score (nSPS) is 22.0. The van der Waals surface area contributed by atoms with Gasteiger partial charge in [0, 0.05) is 19.0 Å². The van der Waals surface area contributed by atoms with Crippen molar-refractivity contribution in [1.29, 1.82) is 0 Å². The van der Waals surface area contributed by atoms with Crippen LogP contribution in [0.25, 0.3) is 0 Å². The molecule has 0 bridgehead atoms. The summed E-state index contributed by atoms with van der Waals surface area (Å²) in [5.74, 6) is 1.08. The Kier molecular flexibility index (Phi) is 3.53. The molecule has 1 aliphatic heterocycles. The van der Waals surface area contributed by atoms with Crippen molar-refractivity contribution in [3.63, 3.8) is 0 Å². The summed E-state index contributed by atoms with van der Waals surface area (Å²) in [7, 11) is 0. The van der Waals surface area contributed by atoms with Gasteiger partial charge in [-0.1, -0.05) is 31.4 Å². The van der Waals surface area contributed by atoms with E-state index in [4.69, 9.17) is 4.74 Å². The van der Waals surface area contributed by atoms with Gasteiger partial charge in [-0.05, 0) is 43.9 Å². The molecule has 0 unspecified atom stereocenters. The maximum absolute atomic E-state index is 5.92. The van der Waals surface area contributed by atoms with Crippen molar-refractivity contribution in [2.75, 3.05) is 0 Å². The third-order valence-electron chi connectivity index (χ3n) is 4.33. The van der Waals surface area contributed by atoms with E-state index in [-0.39, 0.29) is 5.60 Å². The van der Waals surface area contributed by atoms with Crippen LogP contribution in [0.2, 0.25) is 0 Å². The zero-order chi connectivity index (χ0) is 13.3. The van der Waals surface area contributed by atoms with Crippen LogP contribution in [-0.2, 0) is 13.0 Å². The molecular formula is C17H25NO. The van der Waals surface area contributed by atoms with Crippen LogP contribution in [0.5, 0.6) is 5.75 Å². The Balaban J connectivity index is 1.60. The number of nitrogens with one attached hydrogen (secondary N) is 1. The number of hydrogen-bond donors (Lipinski definition) is 1. The van der Waals surface area contributed by atoms with Gasteiger partial charge in [0.2, 0.25) is 0 Å². The van der Waals surface area contributed by atoms with Crippen LogP contribution in [0, 0.1) is 0 Å². The Labute approximate surface area is 116 Å². The van der Waals surface area contributed by atoms with E-state index >= 15 is 0 Å². The van der Waals surface area contributed by atoms with Crippen LogP contribution in [0.1, 0.15) is 57.1 Å². The predicted molar refractivity (Wildman–Crippen MR) is 78.6 cm³/mol. The topological polar surface area (TPSA) is 21.3 Å². The van der Waals surface area contributed by atoms with Crippen LogP contribution < -0.4 is 10.1 Å². The number of benzene rings is 1. The molecule has 0 spiro atoms. The zero-order valence-electron chi connectivity index (χ0n) is 12.2. The van der Waals surface area contributed by atoms with E-state index in [1.165, 1.54) is 43.2 Å². The van der Waals surface area contributed by atoms with Crippen molar-refractivity contribution in [2.24, 2.45) is 0 Å². The maximum Gasteiger partial charge on any atom is 0.123 e. The van der Waals surface area contributed by atoms with Crippen molar-refractivity contribution in [2.45, 2.75) is 70.6 Å². The molecule has 0 amide bonds. The molecule has 2 heteroatoms. The molecule has 1 aromatic rings. The Bertz CT molecular complexity index is 447. The van der Waals surface area contributed by atoms with Gasteiger partial charge in [0.25, 0.3) is 0 Å². The van der Waals surface area contributed by atoms with Gasteiger partial charge in [0.05, 0.1) is 0 Å². The van der Waals surface area contributed by atoms with Crippen molar-refractivity contribution in [1.82, 2.24) is 5.32 Å². The Morgan fingerprint density at radius 1 is 1.21 bits per heavy atom. The molecule has 104 valence electrons. The molecule has 1 aromatic carbocycles. The van der Waals surface area contributed by atoms with E-state index < -0.39 is 0 Å². The molecule has 19 heavy (non-hydrogen) atoms. The fraction of sp³-hybridized carbons (Fsp3) is 0.647. The van der Waals surface area contributed by atoms with E-state index in [2.05, 4.69) is 37.4 Å². The van der Waals surface area contributed by atoms with Crippen molar-refractivity contribution < 1.29 is 4.74 Å². The van der Waals surface area contributed by atoms with Gasteiger partial charge < -0.3 is 10.1 Å². The highest BCUT2D eigenvalue weighted by Crippen LogP contribution is 2.35. The predicted octanol–water partition coefficient (Wildman–Crippen LogP) is 3.82. The molecule has 1 saturated carbocycles. The number of rotatable bonds is 3.